The van der Waals surface area contributed by atoms with Crippen molar-refractivity contribution in [3.8, 4) is 0 Å². The lowest BCUT2D eigenvalue weighted by Crippen LogP contribution is -2.49. The standard InChI is InChI=1S/C19H27N3O2.ClH/c1-13(20-19(24)14-6-4-3-5-7-14)10-18(23)22(2)17-11-15-8-9-16(12-17)21-15;/h3-7,13,15-17,21H,8-12H2,1-2H3,(H,20,24);1H. The Balaban J connectivity index is 0.00000225. The molecule has 1 aromatic carbocycles. The van der Waals surface area contributed by atoms with Crippen LogP contribution in [0.5, 0.6) is 0 Å². The lowest BCUT2D eigenvalue weighted by Gasteiger charge is -2.36. The molecule has 2 N–H and O–H groups in total. The Labute approximate surface area is 155 Å². The third kappa shape index (κ3) is 4.95. The number of fused-ring (bicyclic) bond motifs is 2. The topological polar surface area (TPSA) is 61.4 Å². The van der Waals surface area contributed by atoms with E-state index in [1.54, 1.807) is 12.1 Å². The minimum Gasteiger partial charge on any atom is -0.349 e. The lowest BCUT2D eigenvalue weighted by molar-refractivity contribution is -0.133. The molecule has 3 atom stereocenters. The molecule has 25 heavy (non-hydrogen) atoms. The zero-order valence-electron chi connectivity index (χ0n) is 14.9. The monoisotopic (exact) mass is 365 g/mol. The number of piperidine rings is 1. The Morgan fingerprint density at radius 2 is 1.80 bits per heavy atom. The summed E-state index contributed by atoms with van der Waals surface area (Å²) < 4.78 is 0. The summed E-state index contributed by atoms with van der Waals surface area (Å²) in [4.78, 5) is 26.6. The predicted octanol–water partition coefficient (Wildman–Crippen LogP) is 2.36. The average molecular weight is 366 g/mol. The Morgan fingerprint density at radius 1 is 1.20 bits per heavy atom. The van der Waals surface area contributed by atoms with Crippen LogP contribution in [0.15, 0.2) is 30.3 Å². The summed E-state index contributed by atoms with van der Waals surface area (Å²) in [5.41, 5.74) is 0.625. The summed E-state index contributed by atoms with van der Waals surface area (Å²) in [6.45, 7) is 1.89. The molecule has 2 amide bonds. The number of nitrogens with one attached hydrogen (secondary N) is 2. The maximum Gasteiger partial charge on any atom is 0.251 e. The largest absolute Gasteiger partial charge is 0.349 e. The van der Waals surface area contributed by atoms with Gasteiger partial charge in [0, 0.05) is 43.2 Å². The fourth-order valence-electron chi connectivity index (χ4n) is 3.90. The first-order valence-electron chi connectivity index (χ1n) is 8.90. The number of halogens is 1. The zero-order chi connectivity index (χ0) is 17.1. The number of amides is 2. The number of hydrogen-bond donors (Lipinski definition) is 2. The number of rotatable bonds is 5. The Morgan fingerprint density at radius 3 is 2.40 bits per heavy atom. The Kier molecular flexibility index (Phi) is 6.85. The number of nitrogens with zero attached hydrogens (tertiary/aromatic N) is 1. The molecule has 0 saturated carbocycles. The van der Waals surface area contributed by atoms with Gasteiger partial charge in [0.1, 0.15) is 0 Å². The molecule has 2 aliphatic rings. The minimum atomic E-state index is -0.175. The van der Waals surface area contributed by atoms with E-state index in [4.69, 9.17) is 0 Å². The van der Waals surface area contributed by atoms with Crippen molar-refractivity contribution < 1.29 is 9.59 Å². The molecular weight excluding hydrogens is 338 g/mol. The summed E-state index contributed by atoms with van der Waals surface area (Å²) in [6, 6.07) is 10.4. The first-order chi connectivity index (χ1) is 11.5. The van der Waals surface area contributed by atoms with E-state index in [-0.39, 0.29) is 30.3 Å². The van der Waals surface area contributed by atoms with E-state index in [1.165, 1.54) is 12.8 Å². The molecule has 2 saturated heterocycles. The number of carbonyl (C=O) groups is 2. The van der Waals surface area contributed by atoms with Gasteiger partial charge < -0.3 is 15.5 Å². The molecule has 2 aliphatic heterocycles. The zero-order valence-corrected chi connectivity index (χ0v) is 15.7. The van der Waals surface area contributed by atoms with Gasteiger partial charge in [0.05, 0.1) is 0 Å². The van der Waals surface area contributed by atoms with Crippen LogP contribution in [0, 0.1) is 0 Å². The Hall–Kier alpha value is -1.59. The van der Waals surface area contributed by atoms with Gasteiger partial charge in [0.15, 0.2) is 0 Å². The summed E-state index contributed by atoms with van der Waals surface area (Å²) in [7, 11) is 1.91. The highest BCUT2D eigenvalue weighted by molar-refractivity contribution is 5.94. The van der Waals surface area contributed by atoms with Crippen LogP contribution in [0.25, 0.3) is 0 Å². The van der Waals surface area contributed by atoms with Crippen molar-refractivity contribution in [1.82, 2.24) is 15.5 Å². The lowest BCUT2D eigenvalue weighted by atomic mass is 9.98. The molecule has 3 unspecified atom stereocenters. The second-order valence-corrected chi connectivity index (χ2v) is 7.21. The maximum atomic E-state index is 12.6. The fraction of sp³-hybridized carbons (Fsp3) is 0.579. The predicted molar refractivity (Wildman–Crippen MR) is 101 cm³/mol. The smallest absolute Gasteiger partial charge is 0.251 e. The van der Waals surface area contributed by atoms with Gasteiger partial charge in [-0.2, -0.15) is 0 Å². The van der Waals surface area contributed by atoms with Crippen LogP contribution in [0.1, 0.15) is 49.4 Å². The van der Waals surface area contributed by atoms with Crippen LogP contribution in [-0.4, -0.2) is 47.9 Å². The van der Waals surface area contributed by atoms with Crippen molar-refractivity contribution in [3.05, 3.63) is 35.9 Å². The molecule has 2 fully saturated rings. The molecule has 0 aliphatic carbocycles. The molecule has 0 spiro atoms. The van der Waals surface area contributed by atoms with Gasteiger partial charge >= 0.3 is 0 Å². The molecule has 2 heterocycles. The summed E-state index contributed by atoms with van der Waals surface area (Å²) in [5.74, 6) is -0.0133. The Bertz CT molecular complexity index is 584. The van der Waals surface area contributed by atoms with Crippen molar-refractivity contribution in [3.63, 3.8) is 0 Å². The molecule has 2 bridgehead atoms. The minimum absolute atomic E-state index is 0. The first-order valence-corrected chi connectivity index (χ1v) is 8.90. The molecule has 138 valence electrons. The van der Waals surface area contributed by atoms with Gasteiger partial charge in [-0.3, -0.25) is 9.59 Å². The van der Waals surface area contributed by atoms with Crippen molar-refractivity contribution in [1.29, 1.82) is 0 Å². The summed E-state index contributed by atoms with van der Waals surface area (Å²) >= 11 is 0. The van der Waals surface area contributed by atoms with E-state index in [9.17, 15) is 9.59 Å². The first kappa shape index (κ1) is 19.7. The van der Waals surface area contributed by atoms with Crippen LogP contribution >= 0.6 is 12.4 Å². The van der Waals surface area contributed by atoms with E-state index in [2.05, 4.69) is 10.6 Å². The van der Waals surface area contributed by atoms with E-state index in [0.29, 0.717) is 30.1 Å². The molecule has 0 aromatic heterocycles. The molecule has 1 aromatic rings. The summed E-state index contributed by atoms with van der Waals surface area (Å²) in [5, 5.41) is 6.52. The number of hydrogen-bond acceptors (Lipinski definition) is 3. The van der Waals surface area contributed by atoms with Crippen LogP contribution in [0.4, 0.5) is 0 Å². The second-order valence-electron chi connectivity index (χ2n) is 7.21. The van der Waals surface area contributed by atoms with Gasteiger partial charge in [-0.15, -0.1) is 12.4 Å². The van der Waals surface area contributed by atoms with E-state index < -0.39 is 0 Å². The molecule has 6 heteroatoms. The fourth-order valence-corrected chi connectivity index (χ4v) is 3.90. The average Bonchev–Trinajstić information content (AvgIpc) is 2.92. The van der Waals surface area contributed by atoms with Crippen molar-refractivity contribution in [2.45, 2.75) is 63.2 Å². The third-order valence-electron chi connectivity index (χ3n) is 5.28. The normalized spacial score (nSPS) is 25.6. The van der Waals surface area contributed by atoms with Crippen LogP contribution in [0.2, 0.25) is 0 Å². The summed E-state index contributed by atoms with van der Waals surface area (Å²) in [6.07, 6.45) is 4.89. The van der Waals surface area contributed by atoms with Crippen LogP contribution in [0.3, 0.4) is 0 Å². The van der Waals surface area contributed by atoms with E-state index in [0.717, 1.165) is 12.8 Å². The third-order valence-corrected chi connectivity index (χ3v) is 5.28. The quantitative estimate of drug-likeness (QED) is 0.842. The molecular formula is C19H28ClN3O2. The highest BCUT2D eigenvalue weighted by atomic mass is 35.5. The van der Waals surface area contributed by atoms with Crippen LogP contribution in [-0.2, 0) is 4.79 Å². The molecule has 0 radical (unpaired) electrons. The van der Waals surface area contributed by atoms with Crippen LogP contribution < -0.4 is 10.6 Å². The van der Waals surface area contributed by atoms with Gasteiger partial charge in [-0.1, -0.05) is 18.2 Å². The number of carbonyl (C=O) groups excluding carboxylic acids is 2. The SMILES string of the molecule is CC(CC(=O)N(C)C1CC2CCC(C1)N2)NC(=O)c1ccccc1.Cl. The van der Waals surface area contributed by atoms with Crippen molar-refractivity contribution in [2.75, 3.05) is 7.05 Å². The highest BCUT2D eigenvalue weighted by Crippen LogP contribution is 2.29. The van der Waals surface area contributed by atoms with Gasteiger partial charge in [0.25, 0.3) is 5.91 Å². The number of benzene rings is 1. The maximum absolute atomic E-state index is 12.6. The van der Waals surface area contributed by atoms with Gasteiger partial charge in [-0.05, 0) is 44.7 Å². The van der Waals surface area contributed by atoms with Crippen molar-refractivity contribution in [2.24, 2.45) is 0 Å². The van der Waals surface area contributed by atoms with E-state index >= 15 is 0 Å². The van der Waals surface area contributed by atoms with Crippen molar-refractivity contribution >= 4 is 24.2 Å². The highest BCUT2D eigenvalue weighted by Gasteiger charge is 2.36. The van der Waals surface area contributed by atoms with Gasteiger partial charge in [0.2, 0.25) is 5.91 Å². The van der Waals surface area contributed by atoms with E-state index in [1.807, 2.05) is 37.1 Å². The molecule has 5 nitrogen and oxygen atoms in total. The second kappa shape index (κ2) is 8.68. The molecule has 3 rings (SSSR count). The van der Waals surface area contributed by atoms with Gasteiger partial charge in [-0.25, -0.2) is 0 Å².